The van der Waals surface area contributed by atoms with Gasteiger partial charge in [0.1, 0.15) is 0 Å². The van der Waals surface area contributed by atoms with E-state index in [1.54, 1.807) is 0 Å². The zero-order chi connectivity index (χ0) is 13.8. The minimum atomic E-state index is -3.22. The van der Waals surface area contributed by atoms with Crippen LogP contribution in [0.2, 0.25) is 0 Å². The van der Waals surface area contributed by atoms with Gasteiger partial charge in [0, 0.05) is 20.0 Å². The molecule has 1 fully saturated rings. The highest BCUT2D eigenvalue weighted by Crippen LogP contribution is 2.15. The van der Waals surface area contributed by atoms with Crippen molar-refractivity contribution in [2.45, 2.75) is 45.3 Å². The van der Waals surface area contributed by atoms with Gasteiger partial charge in [-0.3, -0.25) is 4.79 Å². The minimum absolute atomic E-state index is 0.133. The van der Waals surface area contributed by atoms with Crippen molar-refractivity contribution >= 4 is 15.9 Å². The van der Waals surface area contributed by atoms with E-state index < -0.39 is 16.1 Å². The predicted molar refractivity (Wildman–Crippen MR) is 68.5 cm³/mol. The van der Waals surface area contributed by atoms with Crippen LogP contribution in [0.4, 0.5) is 0 Å². The van der Waals surface area contributed by atoms with Crippen LogP contribution < -0.4 is 5.32 Å². The number of aliphatic hydroxyl groups excluding tert-OH is 1. The van der Waals surface area contributed by atoms with Crippen LogP contribution in [-0.4, -0.2) is 54.7 Å². The third-order valence-corrected chi connectivity index (χ3v) is 5.15. The largest absolute Gasteiger partial charge is 0.391 e. The summed E-state index contributed by atoms with van der Waals surface area (Å²) < 4.78 is 25.3. The summed E-state index contributed by atoms with van der Waals surface area (Å²) in [6.45, 7) is 3.89. The summed E-state index contributed by atoms with van der Waals surface area (Å²) in [5.41, 5.74) is 0. The standard InChI is InChI=1S/C11H22N2O4S/c1-3-8-18(16,17)13-6-4-10(12-9(2)14)11(15)5-7-13/h10-11,15H,3-8H2,1-2H3,(H,12,14)/t10-,11-/m0/s1. The van der Waals surface area contributed by atoms with E-state index in [0.29, 0.717) is 32.4 Å². The highest BCUT2D eigenvalue weighted by atomic mass is 32.2. The molecule has 1 aliphatic rings. The first-order valence-electron chi connectivity index (χ1n) is 6.29. The topological polar surface area (TPSA) is 86.7 Å². The van der Waals surface area contributed by atoms with E-state index in [9.17, 15) is 18.3 Å². The first kappa shape index (κ1) is 15.4. The van der Waals surface area contributed by atoms with Gasteiger partial charge < -0.3 is 10.4 Å². The van der Waals surface area contributed by atoms with Crippen LogP contribution in [0.25, 0.3) is 0 Å². The van der Waals surface area contributed by atoms with Gasteiger partial charge in [-0.25, -0.2) is 12.7 Å². The zero-order valence-corrected chi connectivity index (χ0v) is 11.7. The van der Waals surface area contributed by atoms with Gasteiger partial charge in [-0.2, -0.15) is 0 Å². The number of hydrogen-bond donors (Lipinski definition) is 2. The maximum Gasteiger partial charge on any atom is 0.217 e. The van der Waals surface area contributed by atoms with E-state index in [2.05, 4.69) is 5.32 Å². The smallest absolute Gasteiger partial charge is 0.217 e. The predicted octanol–water partition coefficient (Wildman–Crippen LogP) is -0.312. The Morgan fingerprint density at radius 2 is 2.00 bits per heavy atom. The highest BCUT2D eigenvalue weighted by Gasteiger charge is 2.30. The van der Waals surface area contributed by atoms with Crippen LogP contribution in [-0.2, 0) is 14.8 Å². The van der Waals surface area contributed by atoms with Gasteiger partial charge in [0.05, 0.1) is 17.9 Å². The fraction of sp³-hybridized carbons (Fsp3) is 0.909. The van der Waals surface area contributed by atoms with Crippen molar-refractivity contribution in [3.8, 4) is 0 Å². The number of aliphatic hydroxyl groups is 1. The normalized spacial score (nSPS) is 26.6. The second-order valence-electron chi connectivity index (χ2n) is 4.67. The molecule has 1 rings (SSSR count). The molecule has 7 heteroatoms. The van der Waals surface area contributed by atoms with E-state index in [-0.39, 0.29) is 17.7 Å². The number of hydrogen-bond acceptors (Lipinski definition) is 4. The second kappa shape index (κ2) is 6.49. The average molecular weight is 278 g/mol. The van der Waals surface area contributed by atoms with Crippen molar-refractivity contribution in [3.63, 3.8) is 0 Å². The number of nitrogens with zero attached hydrogens (tertiary/aromatic N) is 1. The Labute approximate surface area is 108 Å². The number of amides is 1. The lowest BCUT2D eigenvalue weighted by molar-refractivity contribution is -0.120. The molecule has 1 heterocycles. The van der Waals surface area contributed by atoms with Gasteiger partial charge in [-0.05, 0) is 19.3 Å². The van der Waals surface area contributed by atoms with E-state index >= 15 is 0 Å². The third kappa shape index (κ3) is 4.22. The molecule has 18 heavy (non-hydrogen) atoms. The number of carbonyl (C=O) groups is 1. The minimum Gasteiger partial charge on any atom is -0.391 e. The maximum atomic E-state index is 11.9. The Bertz CT molecular complexity index is 383. The average Bonchev–Trinajstić information content (AvgIpc) is 2.42. The summed E-state index contributed by atoms with van der Waals surface area (Å²) in [5.74, 6) is -0.0719. The van der Waals surface area contributed by atoms with E-state index in [4.69, 9.17) is 0 Å². The molecule has 0 bridgehead atoms. The molecule has 0 aromatic rings. The number of carbonyl (C=O) groups excluding carboxylic acids is 1. The molecule has 1 saturated heterocycles. The molecule has 0 aromatic heterocycles. The van der Waals surface area contributed by atoms with E-state index in [1.165, 1.54) is 11.2 Å². The summed E-state index contributed by atoms with van der Waals surface area (Å²) in [6.07, 6.45) is 0.699. The van der Waals surface area contributed by atoms with Crippen molar-refractivity contribution in [2.24, 2.45) is 0 Å². The SMILES string of the molecule is CCCS(=O)(=O)N1CC[C@H](NC(C)=O)[C@@H](O)CC1. The Kier molecular flexibility index (Phi) is 5.55. The Morgan fingerprint density at radius 1 is 1.39 bits per heavy atom. The molecular formula is C11H22N2O4S. The summed E-state index contributed by atoms with van der Waals surface area (Å²) in [7, 11) is -3.22. The van der Waals surface area contributed by atoms with Crippen LogP contribution >= 0.6 is 0 Å². The molecule has 2 N–H and O–H groups in total. The molecule has 0 aromatic carbocycles. The Morgan fingerprint density at radius 3 is 2.56 bits per heavy atom. The Balaban J connectivity index is 2.67. The van der Waals surface area contributed by atoms with E-state index in [0.717, 1.165) is 0 Å². The lowest BCUT2D eigenvalue weighted by atomic mass is 10.1. The highest BCUT2D eigenvalue weighted by molar-refractivity contribution is 7.89. The summed E-state index contributed by atoms with van der Waals surface area (Å²) in [5, 5.41) is 12.5. The third-order valence-electron chi connectivity index (χ3n) is 3.07. The van der Waals surface area contributed by atoms with Crippen LogP contribution in [0.3, 0.4) is 0 Å². The van der Waals surface area contributed by atoms with Gasteiger partial charge in [-0.15, -0.1) is 0 Å². The number of nitrogens with one attached hydrogen (secondary N) is 1. The lowest BCUT2D eigenvalue weighted by Gasteiger charge is -2.20. The molecule has 1 amide bonds. The molecule has 0 spiro atoms. The molecule has 0 radical (unpaired) electrons. The van der Waals surface area contributed by atoms with Crippen molar-refractivity contribution in [3.05, 3.63) is 0 Å². The Hall–Kier alpha value is -0.660. The first-order chi connectivity index (χ1) is 8.36. The number of sulfonamides is 1. The molecule has 6 nitrogen and oxygen atoms in total. The van der Waals surface area contributed by atoms with Crippen molar-refractivity contribution in [2.75, 3.05) is 18.8 Å². The first-order valence-corrected chi connectivity index (χ1v) is 7.90. The van der Waals surface area contributed by atoms with E-state index in [1.807, 2.05) is 6.92 Å². The summed E-state index contributed by atoms with van der Waals surface area (Å²) in [4.78, 5) is 11.0. The van der Waals surface area contributed by atoms with Gasteiger partial charge in [0.2, 0.25) is 15.9 Å². The van der Waals surface area contributed by atoms with Crippen LogP contribution in [0.15, 0.2) is 0 Å². The molecule has 0 aliphatic carbocycles. The fourth-order valence-corrected chi connectivity index (χ4v) is 3.70. The van der Waals surface area contributed by atoms with Gasteiger partial charge in [0.25, 0.3) is 0 Å². The van der Waals surface area contributed by atoms with Crippen LogP contribution in [0.5, 0.6) is 0 Å². The van der Waals surface area contributed by atoms with Crippen molar-refractivity contribution < 1.29 is 18.3 Å². The molecule has 2 atom stereocenters. The molecule has 106 valence electrons. The van der Waals surface area contributed by atoms with Crippen molar-refractivity contribution in [1.29, 1.82) is 0 Å². The van der Waals surface area contributed by atoms with Crippen molar-refractivity contribution in [1.82, 2.24) is 9.62 Å². The second-order valence-corrected chi connectivity index (χ2v) is 6.76. The lowest BCUT2D eigenvalue weighted by Crippen LogP contribution is -2.42. The molecule has 0 unspecified atom stereocenters. The van der Waals surface area contributed by atoms with Crippen LogP contribution in [0.1, 0.15) is 33.1 Å². The molecular weight excluding hydrogens is 256 g/mol. The molecule has 0 saturated carbocycles. The van der Waals surface area contributed by atoms with Gasteiger partial charge in [-0.1, -0.05) is 6.92 Å². The maximum absolute atomic E-state index is 11.9. The monoisotopic (exact) mass is 278 g/mol. The van der Waals surface area contributed by atoms with Gasteiger partial charge >= 0.3 is 0 Å². The van der Waals surface area contributed by atoms with Crippen LogP contribution in [0, 0.1) is 0 Å². The van der Waals surface area contributed by atoms with Gasteiger partial charge in [0.15, 0.2) is 0 Å². The fourth-order valence-electron chi connectivity index (χ4n) is 2.16. The molecule has 1 aliphatic heterocycles. The summed E-state index contributed by atoms with van der Waals surface area (Å²) >= 11 is 0. The zero-order valence-electron chi connectivity index (χ0n) is 10.9. The number of rotatable bonds is 4. The summed E-state index contributed by atoms with van der Waals surface area (Å²) in [6, 6.07) is -0.357. The quantitative estimate of drug-likeness (QED) is 0.738.